The second kappa shape index (κ2) is 9.60. The monoisotopic (exact) mass is 375 g/mol. The molecule has 27 heavy (non-hydrogen) atoms. The van der Waals surface area contributed by atoms with Crippen LogP contribution in [-0.4, -0.2) is 67.2 Å². The molecule has 1 unspecified atom stereocenters. The Hall–Kier alpha value is -2.28. The molecule has 148 valence electrons. The van der Waals surface area contributed by atoms with Gasteiger partial charge in [-0.25, -0.2) is 4.79 Å². The first-order valence-electron chi connectivity index (χ1n) is 9.86. The number of carbonyl (C=O) groups excluding carboxylic acids is 2. The van der Waals surface area contributed by atoms with Crippen LogP contribution in [-0.2, 0) is 9.53 Å². The van der Waals surface area contributed by atoms with Gasteiger partial charge < -0.3 is 24.6 Å². The number of benzene rings is 1. The van der Waals surface area contributed by atoms with E-state index in [2.05, 4.69) is 12.2 Å². The maximum Gasteiger partial charge on any atom is 0.321 e. The lowest BCUT2D eigenvalue weighted by Gasteiger charge is -2.35. The number of carbonyl (C=O) groups is 2. The summed E-state index contributed by atoms with van der Waals surface area (Å²) in [5.74, 6) is 0.869. The minimum absolute atomic E-state index is 0.0613. The van der Waals surface area contributed by atoms with E-state index in [1.165, 1.54) is 0 Å². The van der Waals surface area contributed by atoms with Crippen LogP contribution in [0.25, 0.3) is 0 Å². The molecule has 1 atom stereocenters. The predicted octanol–water partition coefficient (Wildman–Crippen LogP) is 2.72. The Kier molecular flexibility index (Phi) is 6.92. The van der Waals surface area contributed by atoms with Gasteiger partial charge in [-0.1, -0.05) is 13.3 Å². The van der Waals surface area contributed by atoms with Gasteiger partial charge in [-0.05, 0) is 43.5 Å². The van der Waals surface area contributed by atoms with Crippen molar-refractivity contribution >= 4 is 17.6 Å². The number of urea groups is 1. The molecule has 1 aromatic carbocycles. The van der Waals surface area contributed by atoms with Crippen molar-refractivity contribution in [1.29, 1.82) is 0 Å². The number of hydrogen-bond donors (Lipinski definition) is 1. The van der Waals surface area contributed by atoms with E-state index in [0.717, 1.165) is 37.1 Å². The molecule has 2 heterocycles. The summed E-state index contributed by atoms with van der Waals surface area (Å²) >= 11 is 0. The molecule has 1 aromatic rings. The lowest BCUT2D eigenvalue weighted by Crippen LogP contribution is -2.53. The predicted molar refractivity (Wildman–Crippen MR) is 103 cm³/mol. The highest BCUT2D eigenvalue weighted by Gasteiger charge is 2.31. The molecular weight excluding hydrogens is 346 g/mol. The quantitative estimate of drug-likeness (QED) is 0.776. The Morgan fingerprint density at radius 3 is 2.48 bits per heavy atom. The fourth-order valence-corrected chi connectivity index (χ4v) is 3.28. The van der Waals surface area contributed by atoms with Gasteiger partial charge in [-0.3, -0.25) is 4.79 Å². The van der Waals surface area contributed by atoms with E-state index in [9.17, 15) is 9.59 Å². The van der Waals surface area contributed by atoms with E-state index in [-0.39, 0.29) is 18.0 Å². The first-order valence-corrected chi connectivity index (χ1v) is 9.86. The van der Waals surface area contributed by atoms with Gasteiger partial charge in [-0.15, -0.1) is 0 Å². The van der Waals surface area contributed by atoms with Crippen molar-refractivity contribution in [2.45, 2.75) is 38.7 Å². The Bertz CT molecular complexity index is 621. The van der Waals surface area contributed by atoms with Crippen LogP contribution in [0.5, 0.6) is 5.75 Å². The van der Waals surface area contributed by atoms with Gasteiger partial charge in [0.15, 0.2) is 0 Å². The maximum absolute atomic E-state index is 12.5. The number of ether oxygens (including phenoxy) is 2. The van der Waals surface area contributed by atoms with E-state index in [4.69, 9.17) is 9.47 Å². The van der Waals surface area contributed by atoms with E-state index in [0.29, 0.717) is 39.4 Å². The van der Waals surface area contributed by atoms with Crippen molar-refractivity contribution < 1.29 is 19.1 Å². The van der Waals surface area contributed by atoms with Crippen LogP contribution in [0.2, 0.25) is 0 Å². The SMILES string of the molecule is CCCCOc1ccc(NC(=O)N2CCN(C(=O)C3CCCO3)CC2)cc1. The lowest BCUT2D eigenvalue weighted by molar-refractivity contribution is -0.142. The number of nitrogens with one attached hydrogen (secondary N) is 1. The van der Waals surface area contributed by atoms with Gasteiger partial charge in [0.1, 0.15) is 11.9 Å². The van der Waals surface area contributed by atoms with Crippen molar-refractivity contribution in [3.63, 3.8) is 0 Å². The first kappa shape index (κ1) is 19.5. The Balaban J connectivity index is 1.43. The zero-order valence-corrected chi connectivity index (χ0v) is 16.0. The fraction of sp³-hybridized carbons (Fsp3) is 0.600. The number of rotatable bonds is 6. The van der Waals surface area contributed by atoms with Crippen molar-refractivity contribution in [3.8, 4) is 5.75 Å². The molecule has 7 heteroatoms. The lowest BCUT2D eigenvalue weighted by atomic mass is 10.2. The van der Waals surface area contributed by atoms with Crippen LogP contribution in [0.3, 0.4) is 0 Å². The van der Waals surface area contributed by atoms with E-state index in [1.807, 2.05) is 29.2 Å². The van der Waals surface area contributed by atoms with Crippen LogP contribution in [0.1, 0.15) is 32.6 Å². The van der Waals surface area contributed by atoms with Crippen LogP contribution < -0.4 is 10.1 Å². The average molecular weight is 375 g/mol. The van der Waals surface area contributed by atoms with E-state index in [1.54, 1.807) is 4.90 Å². The second-order valence-corrected chi connectivity index (χ2v) is 6.97. The number of nitrogens with zero attached hydrogens (tertiary/aromatic N) is 2. The summed E-state index contributed by atoms with van der Waals surface area (Å²) in [7, 11) is 0. The molecule has 0 radical (unpaired) electrons. The molecule has 2 aliphatic heterocycles. The minimum Gasteiger partial charge on any atom is -0.494 e. The summed E-state index contributed by atoms with van der Waals surface area (Å²) < 4.78 is 11.1. The van der Waals surface area contributed by atoms with Crippen LogP contribution in [0.15, 0.2) is 24.3 Å². The van der Waals surface area contributed by atoms with Crippen LogP contribution in [0.4, 0.5) is 10.5 Å². The molecule has 2 saturated heterocycles. The summed E-state index contributed by atoms with van der Waals surface area (Å²) in [5, 5.41) is 2.91. The Morgan fingerprint density at radius 2 is 1.85 bits per heavy atom. The summed E-state index contributed by atoms with van der Waals surface area (Å²) in [6, 6.07) is 7.28. The smallest absolute Gasteiger partial charge is 0.321 e. The molecule has 1 N–H and O–H groups in total. The number of hydrogen-bond acceptors (Lipinski definition) is 4. The third-order valence-corrected chi connectivity index (χ3v) is 4.96. The standard InChI is InChI=1S/C20H29N3O4/c1-2-3-14-26-17-8-6-16(7-9-17)21-20(25)23-12-10-22(11-13-23)19(24)18-5-4-15-27-18/h6-9,18H,2-5,10-15H2,1H3,(H,21,25). The van der Waals surface area contributed by atoms with Crippen LogP contribution in [0, 0.1) is 0 Å². The van der Waals surface area contributed by atoms with Crippen molar-refractivity contribution in [3.05, 3.63) is 24.3 Å². The molecule has 0 spiro atoms. The summed E-state index contributed by atoms with van der Waals surface area (Å²) in [5.41, 5.74) is 0.737. The minimum atomic E-state index is -0.288. The third-order valence-electron chi connectivity index (χ3n) is 4.96. The molecule has 0 saturated carbocycles. The molecule has 7 nitrogen and oxygen atoms in total. The molecule has 3 rings (SSSR count). The number of piperazine rings is 1. The average Bonchev–Trinajstić information content (AvgIpc) is 3.24. The van der Waals surface area contributed by atoms with Crippen molar-refractivity contribution in [2.75, 3.05) is 44.7 Å². The number of unbranched alkanes of at least 4 members (excludes halogenated alkanes) is 1. The number of amides is 3. The van der Waals surface area contributed by atoms with E-state index >= 15 is 0 Å². The number of anilines is 1. The third kappa shape index (κ3) is 5.35. The van der Waals surface area contributed by atoms with Crippen molar-refractivity contribution in [1.82, 2.24) is 9.80 Å². The molecule has 0 aliphatic carbocycles. The normalized spacial score (nSPS) is 19.8. The molecule has 2 fully saturated rings. The molecule has 0 bridgehead atoms. The highest BCUT2D eigenvalue weighted by atomic mass is 16.5. The Morgan fingerprint density at radius 1 is 1.15 bits per heavy atom. The summed E-state index contributed by atoms with van der Waals surface area (Å²) in [6.07, 6.45) is 3.59. The molecule has 3 amide bonds. The second-order valence-electron chi connectivity index (χ2n) is 6.97. The van der Waals surface area contributed by atoms with Crippen LogP contribution >= 0.6 is 0 Å². The topological polar surface area (TPSA) is 71.1 Å². The van der Waals surface area contributed by atoms with Crippen molar-refractivity contribution in [2.24, 2.45) is 0 Å². The van der Waals surface area contributed by atoms with E-state index < -0.39 is 0 Å². The zero-order valence-electron chi connectivity index (χ0n) is 16.0. The fourth-order valence-electron chi connectivity index (χ4n) is 3.28. The van der Waals surface area contributed by atoms with Gasteiger partial charge in [0, 0.05) is 38.5 Å². The summed E-state index contributed by atoms with van der Waals surface area (Å²) in [4.78, 5) is 28.4. The Labute approximate surface area is 160 Å². The maximum atomic E-state index is 12.5. The molecule has 0 aromatic heterocycles. The zero-order chi connectivity index (χ0) is 19.1. The van der Waals surface area contributed by atoms with Gasteiger partial charge in [-0.2, -0.15) is 0 Å². The van der Waals surface area contributed by atoms with Gasteiger partial charge >= 0.3 is 6.03 Å². The van der Waals surface area contributed by atoms with Gasteiger partial charge in [0.05, 0.1) is 6.61 Å². The van der Waals surface area contributed by atoms with Gasteiger partial charge in [0.25, 0.3) is 5.91 Å². The summed E-state index contributed by atoms with van der Waals surface area (Å²) in [6.45, 7) is 5.66. The first-order chi connectivity index (χ1) is 13.2. The highest BCUT2D eigenvalue weighted by molar-refractivity contribution is 5.89. The van der Waals surface area contributed by atoms with Gasteiger partial charge in [0.2, 0.25) is 0 Å². The highest BCUT2D eigenvalue weighted by Crippen LogP contribution is 2.18. The molecular formula is C20H29N3O4. The molecule has 2 aliphatic rings. The largest absolute Gasteiger partial charge is 0.494 e.